The summed E-state index contributed by atoms with van der Waals surface area (Å²) in [5.74, 6) is -0.748. The first-order valence-electron chi connectivity index (χ1n) is 5.45. The lowest BCUT2D eigenvalue weighted by Crippen LogP contribution is -2.26. The maximum atomic E-state index is 10.4. The molecular weight excluding hydrogens is 204 g/mol. The molecule has 0 amide bonds. The van der Waals surface area contributed by atoms with Crippen LogP contribution in [0.2, 0.25) is 0 Å². The highest BCUT2D eigenvalue weighted by molar-refractivity contribution is 5.66. The SMILES string of the molecule is Cc1cccnc1CNC(C)CCC(=O)O. The minimum atomic E-state index is -0.748. The van der Waals surface area contributed by atoms with Crippen molar-refractivity contribution in [2.45, 2.75) is 39.3 Å². The molecule has 1 unspecified atom stereocenters. The molecule has 1 atom stereocenters. The number of rotatable bonds is 6. The lowest BCUT2D eigenvalue weighted by molar-refractivity contribution is -0.137. The molecule has 1 rings (SSSR count). The first-order valence-corrected chi connectivity index (χ1v) is 5.45. The quantitative estimate of drug-likeness (QED) is 0.769. The van der Waals surface area contributed by atoms with Crippen LogP contribution in [0.4, 0.5) is 0 Å². The van der Waals surface area contributed by atoms with Gasteiger partial charge in [0.15, 0.2) is 0 Å². The fourth-order valence-corrected chi connectivity index (χ4v) is 1.42. The van der Waals surface area contributed by atoms with Crippen LogP contribution in [0.5, 0.6) is 0 Å². The van der Waals surface area contributed by atoms with Gasteiger partial charge in [-0.3, -0.25) is 9.78 Å². The summed E-state index contributed by atoms with van der Waals surface area (Å²) < 4.78 is 0. The molecule has 0 aliphatic rings. The Morgan fingerprint density at radius 1 is 1.62 bits per heavy atom. The summed E-state index contributed by atoms with van der Waals surface area (Å²) >= 11 is 0. The van der Waals surface area contributed by atoms with Crippen molar-refractivity contribution < 1.29 is 9.90 Å². The van der Waals surface area contributed by atoms with E-state index in [1.165, 1.54) is 0 Å². The van der Waals surface area contributed by atoms with Gasteiger partial charge in [-0.25, -0.2) is 0 Å². The number of aliphatic carboxylic acids is 1. The molecule has 4 heteroatoms. The molecule has 0 bridgehead atoms. The third-order valence-corrected chi connectivity index (χ3v) is 2.53. The maximum absolute atomic E-state index is 10.4. The summed E-state index contributed by atoms with van der Waals surface area (Å²) in [6, 6.07) is 4.12. The Morgan fingerprint density at radius 2 is 2.38 bits per heavy atom. The fourth-order valence-electron chi connectivity index (χ4n) is 1.42. The third kappa shape index (κ3) is 4.40. The van der Waals surface area contributed by atoms with Crippen molar-refractivity contribution in [1.29, 1.82) is 0 Å². The van der Waals surface area contributed by atoms with Crippen molar-refractivity contribution in [3.05, 3.63) is 29.6 Å². The Labute approximate surface area is 95.7 Å². The van der Waals surface area contributed by atoms with Crippen LogP contribution in [0.1, 0.15) is 31.0 Å². The van der Waals surface area contributed by atoms with Gasteiger partial charge in [-0.1, -0.05) is 6.07 Å². The normalized spacial score (nSPS) is 12.4. The number of hydrogen-bond donors (Lipinski definition) is 2. The summed E-state index contributed by atoms with van der Waals surface area (Å²) in [7, 11) is 0. The molecular formula is C12H18N2O2. The zero-order valence-corrected chi connectivity index (χ0v) is 9.73. The first kappa shape index (κ1) is 12.6. The van der Waals surface area contributed by atoms with E-state index in [1.807, 2.05) is 26.0 Å². The predicted molar refractivity (Wildman–Crippen MR) is 62.1 cm³/mol. The highest BCUT2D eigenvalue weighted by Gasteiger charge is 2.06. The summed E-state index contributed by atoms with van der Waals surface area (Å²) in [4.78, 5) is 14.7. The smallest absolute Gasteiger partial charge is 0.303 e. The van der Waals surface area contributed by atoms with Crippen molar-refractivity contribution in [3.63, 3.8) is 0 Å². The van der Waals surface area contributed by atoms with Gasteiger partial charge in [0.1, 0.15) is 0 Å². The molecule has 1 heterocycles. The summed E-state index contributed by atoms with van der Waals surface area (Å²) in [5.41, 5.74) is 2.17. The average Bonchev–Trinajstić information content (AvgIpc) is 2.25. The van der Waals surface area contributed by atoms with Gasteiger partial charge in [-0.15, -0.1) is 0 Å². The average molecular weight is 222 g/mol. The number of carboxylic acid groups (broad SMARTS) is 1. The van der Waals surface area contributed by atoms with E-state index in [1.54, 1.807) is 6.20 Å². The number of aromatic nitrogens is 1. The second-order valence-electron chi connectivity index (χ2n) is 3.98. The molecule has 0 saturated heterocycles. The number of nitrogens with one attached hydrogen (secondary N) is 1. The maximum Gasteiger partial charge on any atom is 0.303 e. The Morgan fingerprint density at radius 3 is 3.00 bits per heavy atom. The van der Waals surface area contributed by atoms with Crippen molar-refractivity contribution in [2.24, 2.45) is 0 Å². The van der Waals surface area contributed by atoms with E-state index in [0.717, 1.165) is 11.3 Å². The molecule has 88 valence electrons. The zero-order valence-electron chi connectivity index (χ0n) is 9.73. The molecule has 4 nitrogen and oxygen atoms in total. The largest absolute Gasteiger partial charge is 0.481 e. The lowest BCUT2D eigenvalue weighted by atomic mass is 10.1. The summed E-state index contributed by atoms with van der Waals surface area (Å²) in [5, 5.41) is 11.8. The van der Waals surface area contributed by atoms with Gasteiger partial charge in [0.2, 0.25) is 0 Å². The minimum Gasteiger partial charge on any atom is -0.481 e. The standard InChI is InChI=1S/C12H18N2O2/c1-9-4-3-7-13-11(9)8-14-10(2)5-6-12(15)16/h3-4,7,10,14H,5-6,8H2,1-2H3,(H,15,16). The molecule has 0 fully saturated rings. The van der Waals surface area contributed by atoms with E-state index in [4.69, 9.17) is 5.11 Å². The van der Waals surface area contributed by atoms with Crippen LogP contribution in [0.25, 0.3) is 0 Å². The van der Waals surface area contributed by atoms with E-state index in [2.05, 4.69) is 10.3 Å². The number of nitrogens with zero attached hydrogens (tertiary/aromatic N) is 1. The number of pyridine rings is 1. The fraction of sp³-hybridized carbons (Fsp3) is 0.500. The molecule has 16 heavy (non-hydrogen) atoms. The van der Waals surface area contributed by atoms with E-state index in [9.17, 15) is 4.79 Å². The minimum absolute atomic E-state index is 0.192. The van der Waals surface area contributed by atoms with Crippen LogP contribution in [0.3, 0.4) is 0 Å². The predicted octanol–water partition coefficient (Wildman–Crippen LogP) is 1.73. The molecule has 2 N–H and O–H groups in total. The van der Waals surface area contributed by atoms with Gasteiger partial charge >= 0.3 is 5.97 Å². The molecule has 0 aromatic carbocycles. The van der Waals surface area contributed by atoms with E-state index in [-0.39, 0.29) is 12.5 Å². The zero-order chi connectivity index (χ0) is 12.0. The highest BCUT2D eigenvalue weighted by atomic mass is 16.4. The van der Waals surface area contributed by atoms with Crippen LogP contribution < -0.4 is 5.32 Å². The molecule has 0 aliphatic carbocycles. The monoisotopic (exact) mass is 222 g/mol. The Kier molecular flexibility index (Phi) is 4.92. The number of carboxylic acids is 1. The van der Waals surface area contributed by atoms with Gasteiger partial charge in [0.25, 0.3) is 0 Å². The van der Waals surface area contributed by atoms with E-state index in [0.29, 0.717) is 13.0 Å². The second-order valence-corrected chi connectivity index (χ2v) is 3.98. The van der Waals surface area contributed by atoms with Gasteiger partial charge in [0, 0.05) is 25.2 Å². The van der Waals surface area contributed by atoms with Crippen LogP contribution in [-0.2, 0) is 11.3 Å². The lowest BCUT2D eigenvalue weighted by Gasteiger charge is -2.13. The van der Waals surface area contributed by atoms with Gasteiger partial charge in [-0.05, 0) is 31.9 Å². The Hall–Kier alpha value is -1.42. The van der Waals surface area contributed by atoms with Crippen molar-refractivity contribution in [1.82, 2.24) is 10.3 Å². The molecule has 0 aliphatic heterocycles. The van der Waals surface area contributed by atoms with Gasteiger partial charge in [0.05, 0.1) is 5.69 Å². The van der Waals surface area contributed by atoms with Crippen molar-refractivity contribution in [3.8, 4) is 0 Å². The Bertz CT molecular complexity index is 353. The Balaban J connectivity index is 2.34. The second kappa shape index (κ2) is 6.23. The number of hydrogen-bond acceptors (Lipinski definition) is 3. The molecule has 0 spiro atoms. The topological polar surface area (TPSA) is 62.2 Å². The van der Waals surface area contributed by atoms with Crippen LogP contribution in [0.15, 0.2) is 18.3 Å². The van der Waals surface area contributed by atoms with Gasteiger partial charge < -0.3 is 10.4 Å². The number of carbonyl (C=O) groups is 1. The molecule has 0 saturated carbocycles. The van der Waals surface area contributed by atoms with Crippen LogP contribution in [-0.4, -0.2) is 22.1 Å². The molecule has 1 aromatic rings. The van der Waals surface area contributed by atoms with Crippen LogP contribution in [0, 0.1) is 6.92 Å². The third-order valence-electron chi connectivity index (χ3n) is 2.53. The number of aryl methyl sites for hydroxylation is 1. The van der Waals surface area contributed by atoms with Gasteiger partial charge in [-0.2, -0.15) is 0 Å². The van der Waals surface area contributed by atoms with Crippen molar-refractivity contribution >= 4 is 5.97 Å². The van der Waals surface area contributed by atoms with E-state index >= 15 is 0 Å². The highest BCUT2D eigenvalue weighted by Crippen LogP contribution is 2.04. The first-order chi connectivity index (χ1) is 7.59. The van der Waals surface area contributed by atoms with Crippen LogP contribution >= 0.6 is 0 Å². The van der Waals surface area contributed by atoms with Crippen molar-refractivity contribution in [2.75, 3.05) is 0 Å². The molecule has 0 radical (unpaired) electrons. The van der Waals surface area contributed by atoms with E-state index < -0.39 is 5.97 Å². The summed E-state index contributed by atoms with van der Waals surface area (Å²) in [6.45, 7) is 4.70. The molecule has 1 aromatic heterocycles. The summed E-state index contributed by atoms with van der Waals surface area (Å²) in [6.07, 6.45) is 2.61.